The lowest BCUT2D eigenvalue weighted by molar-refractivity contribution is -0.359. The molecule has 0 saturated carbocycles. The number of ether oxygens (including phenoxy) is 4. The lowest BCUT2D eigenvalue weighted by Gasteiger charge is -2.46. The highest BCUT2D eigenvalue weighted by atomic mass is 16.7. The van der Waals surface area contributed by atoms with Crippen molar-refractivity contribution in [1.82, 2.24) is 5.32 Å². The topological polar surface area (TPSA) is 228 Å². The summed E-state index contributed by atoms with van der Waals surface area (Å²) in [6.45, 7) is 2.68. The number of unbranched alkanes of at least 4 members (excludes halogenated alkanes) is 17. The molecule has 410 valence electrons. The number of nitrogens with one attached hydrogen (secondary N) is 1. The molecule has 9 N–H and O–H groups in total. The highest BCUT2D eigenvalue weighted by Gasteiger charge is 2.51. The molecule has 12 unspecified atom stereocenters. The van der Waals surface area contributed by atoms with Crippen LogP contribution in [0.5, 0.6) is 0 Å². The van der Waals surface area contributed by atoms with Crippen LogP contribution in [0.15, 0.2) is 72.9 Å². The monoisotopic (exact) mass is 1010 g/mol. The summed E-state index contributed by atoms with van der Waals surface area (Å²) in [7, 11) is 0. The SMILES string of the molecule is CC/C=C\C/C=C\C/C=C\C/C=C\C/C=C\C/C=C\CCCCCCCCCCCCC(=O)NC(COC1OC(CO)C(OC2OC(CO)C(O)C(O)C2O)C(O)C1O)C(O)CCCCCCCCCC. The number of aliphatic hydroxyl groups is 8. The van der Waals surface area contributed by atoms with Gasteiger partial charge in [-0.3, -0.25) is 4.79 Å². The van der Waals surface area contributed by atoms with Crippen molar-refractivity contribution in [1.29, 1.82) is 0 Å². The molecule has 0 bridgehead atoms. The normalized spacial score (nSPS) is 26.3. The van der Waals surface area contributed by atoms with Gasteiger partial charge in [-0.1, -0.05) is 189 Å². The lowest BCUT2D eigenvalue weighted by atomic mass is 9.97. The van der Waals surface area contributed by atoms with Crippen LogP contribution in [0.1, 0.15) is 187 Å². The molecular formula is C57H99NO13. The average Bonchev–Trinajstić information content (AvgIpc) is 3.37. The second-order valence-electron chi connectivity index (χ2n) is 19.3. The Morgan fingerprint density at radius 1 is 0.521 bits per heavy atom. The first-order chi connectivity index (χ1) is 34.6. The molecule has 2 aliphatic heterocycles. The molecule has 0 aromatic heterocycles. The van der Waals surface area contributed by atoms with Crippen molar-refractivity contribution < 1.29 is 64.6 Å². The first-order valence-electron chi connectivity index (χ1n) is 27.7. The van der Waals surface area contributed by atoms with Crippen molar-refractivity contribution in [3.8, 4) is 0 Å². The van der Waals surface area contributed by atoms with Crippen molar-refractivity contribution >= 4 is 5.91 Å². The fraction of sp³-hybridized carbons (Fsp3) is 0.772. The molecule has 0 aromatic rings. The highest BCUT2D eigenvalue weighted by molar-refractivity contribution is 5.76. The number of carbonyl (C=O) groups is 1. The van der Waals surface area contributed by atoms with Gasteiger partial charge >= 0.3 is 0 Å². The molecule has 12 atom stereocenters. The van der Waals surface area contributed by atoms with Crippen LogP contribution in [0.3, 0.4) is 0 Å². The van der Waals surface area contributed by atoms with Gasteiger partial charge < -0.3 is 65.1 Å². The minimum atomic E-state index is -1.78. The van der Waals surface area contributed by atoms with E-state index in [1.807, 2.05) is 0 Å². The van der Waals surface area contributed by atoms with E-state index in [0.717, 1.165) is 89.9 Å². The van der Waals surface area contributed by atoms with Crippen LogP contribution >= 0.6 is 0 Å². The molecule has 2 fully saturated rings. The maximum atomic E-state index is 13.2. The molecule has 2 heterocycles. The lowest BCUT2D eigenvalue weighted by Crippen LogP contribution is -2.65. The van der Waals surface area contributed by atoms with E-state index in [2.05, 4.69) is 92.1 Å². The van der Waals surface area contributed by atoms with Gasteiger partial charge in [0.05, 0.1) is 32.0 Å². The summed E-state index contributed by atoms with van der Waals surface area (Å²) in [4.78, 5) is 13.2. The average molecular weight is 1010 g/mol. The van der Waals surface area contributed by atoms with Gasteiger partial charge in [0.15, 0.2) is 12.6 Å². The van der Waals surface area contributed by atoms with Crippen LogP contribution in [0, 0.1) is 0 Å². The molecule has 14 nitrogen and oxygen atoms in total. The van der Waals surface area contributed by atoms with Crippen molar-refractivity contribution in [2.75, 3.05) is 19.8 Å². The van der Waals surface area contributed by atoms with Crippen LogP contribution in [0.4, 0.5) is 0 Å². The predicted octanol–water partition coefficient (Wildman–Crippen LogP) is 8.38. The minimum absolute atomic E-state index is 0.219. The summed E-state index contributed by atoms with van der Waals surface area (Å²) in [6.07, 6.45) is 37.9. The fourth-order valence-electron chi connectivity index (χ4n) is 8.71. The maximum absolute atomic E-state index is 13.2. The van der Waals surface area contributed by atoms with E-state index in [0.29, 0.717) is 19.3 Å². The van der Waals surface area contributed by atoms with Gasteiger partial charge in [0, 0.05) is 6.42 Å². The molecule has 14 heteroatoms. The summed E-state index contributed by atoms with van der Waals surface area (Å²) >= 11 is 0. The third kappa shape index (κ3) is 29.2. The number of amides is 1. The molecule has 2 rings (SSSR count). The molecule has 0 aromatic carbocycles. The predicted molar refractivity (Wildman–Crippen MR) is 281 cm³/mol. The van der Waals surface area contributed by atoms with Gasteiger partial charge in [0.25, 0.3) is 0 Å². The van der Waals surface area contributed by atoms with Crippen molar-refractivity contribution in [2.24, 2.45) is 0 Å². The van der Waals surface area contributed by atoms with Gasteiger partial charge in [-0.2, -0.15) is 0 Å². The number of aliphatic hydroxyl groups excluding tert-OH is 8. The van der Waals surface area contributed by atoms with Gasteiger partial charge in [0.2, 0.25) is 5.91 Å². The number of allylic oxidation sites excluding steroid dienone is 12. The largest absolute Gasteiger partial charge is 0.394 e. The zero-order valence-electron chi connectivity index (χ0n) is 43.7. The Kier molecular flexibility index (Phi) is 38.9. The second-order valence-corrected chi connectivity index (χ2v) is 19.3. The zero-order valence-corrected chi connectivity index (χ0v) is 43.7. The second kappa shape index (κ2) is 42.8. The quantitative estimate of drug-likeness (QED) is 0.0207. The Balaban J connectivity index is 1.67. The Bertz CT molecular complexity index is 1470. The Labute approximate surface area is 428 Å². The highest BCUT2D eigenvalue weighted by Crippen LogP contribution is 2.30. The Morgan fingerprint density at radius 3 is 1.49 bits per heavy atom. The molecule has 71 heavy (non-hydrogen) atoms. The van der Waals surface area contributed by atoms with Crippen LogP contribution < -0.4 is 5.32 Å². The van der Waals surface area contributed by atoms with Crippen LogP contribution in [-0.2, 0) is 23.7 Å². The van der Waals surface area contributed by atoms with Gasteiger partial charge in [-0.15, -0.1) is 0 Å². The summed E-state index contributed by atoms with van der Waals surface area (Å²) in [5, 5.41) is 86.8. The van der Waals surface area contributed by atoms with Gasteiger partial charge in [-0.25, -0.2) is 0 Å². The summed E-state index contributed by atoms with van der Waals surface area (Å²) in [5.41, 5.74) is 0. The molecule has 2 saturated heterocycles. The Hall–Kier alpha value is -2.57. The summed E-state index contributed by atoms with van der Waals surface area (Å²) in [6, 6.07) is -0.832. The van der Waals surface area contributed by atoms with E-state index in [9.17, 15) is 45.6 Å². The fourth-order valence-corrected chi connectivity index (χ4v) is 8.71. The molecule has 2 aliphatic rings. The van der Waals surface area contributed by atoms with E-state index in [4.69, 9.17) is 18.9 Å². The number of hydrogen-bond donors (Lipinski definition) is 9. The summed E-state index contributed by atoms with van der Waals surface area (Å²) < 4.78 is 22.7. The van der Waals surface area contributed by atoms with Crippen LogP contribution in [-0.4, -0.2) is 140 Å². The Morgan fingerprint density at radius 2 is 0.972 bits per heavy atom. The smallest absolute Gasteiger partial charge is 0.220 e. The van der Waals surface area contributed by atoms with Crippen LogP contribution in [0.2, 0.25) is 0 Å². The summed E-state index contributed by atoms with van der Waals surface area (Å²) in [5.74, 6) is -0.219. The third-order valence-corrected chi connectivity index (χ3v) is 13.2. The first-order valence-corrected chi connectivity index (χ1v) is 27.7. The van der Waals surface area contributed by atoms with E-state index in [-0.39, 0.29) is 12.5 Å². The minimum Gasteiger partial charge on any atom is -0.394 e. The number of rotatable bonds is 42. The number of hydrogen-bond acceptors (Lipinski definition) is 13. The number of carbonyl (C=O) groups excluding carboxylic acids is 1. The molecular weight excluding hydrogens is 907 g/mol. The van der Waals surface area contributed by atoms with Crippen molar-refractivity contribution in [3.05, 3.63) is 72.9 Å². The maximum Gasteiger partial charge on any atom is 0.220 e. The van der Waals surface area contributed by atoms with Crippen LogP contribution in [0.25, 0.3) is 0 Å². The molecule has 0 radical (unpaired) electrons. The van der Waals surface area contributed by atoms with E-state index >= 15 is 0 Å². The van der Waals surface area contributed by atoms with E-state index in [1.165, 1.54) is 64.2 Å². The molecule has 0 aliphatic carbocycles. The third-order valence-electron chi connectivity index (χ3n) is 13.2. The van der Waals surface area contributed by atoms with Gasteiger partial charge in [-0.05, 0) is 64.2 Å². The van der Waals surface area contributed by atoms with Gasteiger partial charge in [0.1, 0.15) is 48.8 Å². The zero-order chi connectivity index (χ0) is 51.7. The first kappa shape index (κ1) is 64.5. The van der Waals surface area contributed by atoms with Crippen molar-refractivity contribution in [3.63, 3.8) is 0 Å². The standard InChI is InChI=1S/C57H99NO13/c1-3-5-7-9-11-13-14-15-16-17-18-19-20-21-22-23-24-25-26-27-28-29-30-31-32-33-35-37-39-41-49(62)58-45(46(61)40-38-36-34-12-10-8-6-4-2)44-68-56-54(67)52(65)55(48(43-60)70-56)71-57-53(66)51(64)50(63)47(42-59)69-57/h5,7,11,13,15-16,18-19,21-22,24-25,45-48,50-57,59-61,63-67H,3-4,6,8-10,12,14,17,20,23,26-44H2,1-2H3,(H,58,62)/b7-5-,13-11-,16-15-,19-18-,22-21-,25-24-. The molecule has 0 spiro atoms. The molecule has 1 amide bonds. The van der Waals surface area contributed by atoms with E-state index < -0.39 is 86.8 Å². The van der Waals surface area contributed by atoms with E-state index in [1.54, 1.807) is 0 Å². The van der Waals surface area contributed by atoms with Crippen molar-refractivity contribution in [2.45, 2.75) is 261 Å².